The van der Waals surface area contributed by atoms with E-state index in [9.17, 15) is 4.79 Å². The molecule has 0 aliphatic carbocycles. The standard InChI is InChI=1S/C14H22N2O2S/c1-5-10(9-19-4)16(2)14(17)12-7-6-11(18-3)8-13(12)15/h6-8,10H,5,9,15H2,1-4H3. The minimum absolute atomic E-state index is 0.0407. The molecule has 106 valence electrons. The summed E-state index contributed by atoms with van der Waals surface area (Å²) in [6, 6.07) is 5.38. The molecule has 1 unspecified atom stereocenters. The summed E-state index contributed by atoms with van der Waals surface area (Å²) in [5.41, 5.74) is 6.90. The highest BCUT2D eigenvalue weighted by Gasteiger charge is 2.21. The van der Waals surface area contributed by atoms with Crippen LogP contribution in [0.1, 0.15) is 23.7 Å². The number of anilines is 1. The normalized spacial score (nSPS) is 12.0. The number of ether oxygens (including phenoxy) is 1. The van der Waals surface area contributed by atoms with Gasteiger partial charge in [0, 0.05) is 30.6 Å². The number of carbonyl (C=O) groups excluding carboxylic acids is 1. The van der Waals surface area contributed by atoms with Crippen molar-refractivity contribution in [3.05, 3.63) is 23.8 Å². The van der Waals surface area contributed by atoms with Gasteiger partial charge in [-0.1, -0.05) is 6.92 Å². The number of hydrogen-bond donors (Lipinski definition) is 1. The van der Waals surface area contributed by atoms with Crippen molar-refractivity contribution in [1.29, 1.82) is 0 Å². The maximum atomic E-state index is 12.4. The fourth-order valence-corrected chi connectivity index (χ4v) is 2.76. The van der Waals surface area contributed by atoms with Crippen molar-refractivity contribution in [2.24, 2.45) is 0 Å². The third kappa shape index (κ3) is 3.80. The number of rotatable bonds is 6. The van der Waals surface area contributed by atoms with Crippen LogP contribution in [0.5, 0.6) is 5.75 Å². The van der Waals surface area contributed by atoms with Gasteiger partial charge in [-0.05, 0) is 24.8 Å². The average molecular weight is 282 g/mol. The van der Waals surface area contributed by atoms with Crippen LogP contribution in [-0.2, 0) is 0 Å². The van der Waals surface area contributed by atoms with Crippen molar-refractivity contribution in [2.75, 3.05) is 31.9 Å². The average Bonchev–Trinajstić information content (AvgIpc) is 2.43. The number of amides is 1. The van der Waals surface area contributed by atoms with Crippen molar-refractivity contribution in [3.63, 3.8) is 0 Å². The van der Waals surface area contributed by atoms with Crippen LogP contribution < -0.4 is 10.5 Å². The van der Waals surface area contributed by atoms with Gasteiger partial charge in [0.25, 0.3) is 5.91 Å². The van der Waals surface area contributed by atoms with Crippen molar-refractivity contribution in [2.45, 2.75) is 19.4 Å². The first-order chi connectivity index (χ1) is 9.04. The van der Waals surface area contributed by atoms with E-state index >= 15 is 0 Å². The van der Waals surface area contributed by atoms with Gasteiger partial charge in [-0.25, -0.2) is 0 Å². The smallest absolute Gasteiger partial charge is 0.255 e. The first kappa shape index (κ1) is 15.7. The summed E-state index contributed by atoms with van der Waals surface area (Å²) in [5.74, 6) is 1.54. The fourth-order valence-electron chi connectivity index (χ4n) is 1.91. The van der Waals surface area contributed by atoms with E-state index < -0.39 is 0 Å². The lowest BCUT2D eigenvalue weighted by molar-refractivity contribution is 0.0744. The predicted octanol–water partition coefficient (Wildman–Crippen LogP) is 2.49. The Bertz CT molecular complexity index is 437. The zero-order valence-electron chi connectivity index (χ0n) is 12.0. The quantitative estimate of drug-likeness (QED) is 0.814. The molecule has 1 aromatic rings. The summed E-state index contributed by atoms with van der Waals surface area (Å²) in [4.78, 5) is 14.2. The van der Waals surface area contributed by atoms with E-state index in [0.29, 0.717) is 17.0 Å². The van der Waals surface area contributed by atoms with Crippen LogP contribution in [0.4, 0.5) is 5.69 Å². The Morgan fingerprint density at radius 3 is 2.68 bits per heavy atom. The number of nitrogens with zero attached hydrogens (tertiary/aromatic N) is 1. The van der Waals surface area contributed by atoms with E-state index in [-0.39, 0.29) is 11.9 Å². The second kappa shape index (κ2) is 7.28. The fraction of sp³-hybridized carbons (Fsp3) is 0.500. The molecule has 1 rings (SSSR count). The SMILES string of the molecule is CCC(CSC)N(C)C(=O)c1ccc(OC)cc1N. The summed E-state index contributed by atoms with van der Waals surface area (Å²) < 4.78 is 5.09. The Morgan fingerprint density at radius 1 is 1.53 bits per heavy atom. The van der Waals surface area contributed by atoms with E-state index in [0.717, 1.165) is 12.2 Å². The second-order valence-corrected chi connectivity index (χ2v) is 5.30. The van der Waals surface area contributed by atoms with Crippen LogP contribution in [0.2, 0.25) is 0 Å². The number of nitrogen functional groups attached to an aromatic ring is 1. The molecule has 0 saturated carbocycles. The monoisotopic (exact) mass is 282 g/mol. The molecular weight excluding hydrogens is 260 g/mol. The topological polar surface area (TPSA) is 55.6 Å². The molecule has 0 saturated heterocycles. The molecule has 4 nitrogen and oxygen atoms in total. The van der Waals surface area contributed by atoms with Gasteiger partial charge in [-0.15, -0.1) is 0 Å². The molecule has 0 aliphatic rings. The summed E-state index contributed by atoms with van der Waals surface area (Å²) in [5, 5.41) is 0. The largest absolute Gasteiger partial charge is 0.497 e. The maximum Gasteiger partial charge on any atom is 0.255 e. The number of carbonyl (C=O) groups is 1. The lowest BCUT2D eigenvalue weighted by atomic mass is 10.1. The van der Waals surface area contributed by atoms with Gasteiger partial charge in [-0.3, -0.25) is 4.79 Å². The van der Waals surface area contributed by atoms with Crippen molar-refractivity contribution in [3.8, 4) is 5.75 Å². The minimum Gasteiger partial charge on any atom is -0.497 e. The van der Waals surface area contributed by atoms with E-state index in [1.54, 1.807) is 42.0 Å². The first-order valence-corrected chi connectivity index (χ1v) is 7.64. The minimum atomic E-state index is -0.0407. The van der Waals surface area contributed by atoms with Gasteiger partial charge in [0.1, 0.15) is 5.75 Å². The first-order valence-electron chi connectivity index (χ1n) is 6.24. The number of nitrogens with two attached hydrogens (primary N) is 1. The van der Waals surface area contributed by atoms with Crippen LogP contribution in [-0.4, -0.2) is 43.0 Å². The summed E-state index contributed by atoms with van der Waals surface area (Å²) in [7, 11) is 3.41. The van der Waals surface area contributed by atoms with E-state index in [1.807, 2.05) is 13.3 Å². The van der Waals surface area contributed by atoms with Gasteiger partial charge < -0.3 is 15.4 Å². The molecule has 0 heterocycles. The second-order valence-electron chi connectivity index (χ2n) is 4.39. The molecule has 1 atom stereocenters. The van der Waals surface area contributed by atoms with Gasteiger partial charge in [0.2, 0.25) is 0 Å². The molecule has 1 aromatic carbocycles. The Labute approximate surface area is 119 Å². The van der Waals surface area contributed by atoms with Gasteiger partial charge in [0.05, 0.1) is 12.7 Å². The molecule has 2 N–H and O–H groups in total. The lowest BCUT2D eigenvalue weighted by Gasteiger charge is -2.27. The zero-order valence-corrected chi connectivity index (χ0v) is 12.8. The number of hydrogen-bond acceptors (Lipinski definition) is 4. The highest BCUT2D eigenvalue weighted by atomic mass is 32.2. The Balaban J connectivity index is 2.93. The molecule has 1 amide bonds. The summed E-state index contributed by atoms with van der Waals surface area (Å²) in [6.45, 7) is 2.09. The Morgan fingerprint density at radius 2 is 2.21 bits per heavy atom. The van der Waals surface area contributed by atoms with Crippen LogP contribution in [0, 0.1) is 0 Å². The molecule has 0 fully saturated rings. The van der Waals surface area contributed by atoms with Crippen LogP contribution in [0.25, 0.3) is 0 Å². The number of methoxy groups -OCH3 is 1. The van der Waals surface area contributed by atoms with Crippen LogP contribution in [0.15, 0.2) is 18.2 Å². The maximum absolute atomic E-state index is 12.4. The highest BCUT2D eigenvalue weighted by Crippen LogP contribution is 2.22. The third-order valence-electron chi connectivity index (χ3n) is 3.19. The van der Waals surface area contributed by atoms with Crippen LogP contribution in [0.3, 0.4) is 0 Å². The lowest BCUT2D eigenvalue weighted by Crippen LogP contribution is -2.38. The third-order valence-corrected chi connectivity index (χ3v) is 3.91. The molecule has 0 aromatic heterocycles. The van der Waals surface area contributed by atoms with Crippen molar-refractivity contribution < 1.29 is 9.53 Å². The number of thioether (sulfide) groups is 1. The van der Waals surface area contributed by atoms with E-state index in [2.05, 4.69) is 6.92 Å². The highest BCUT2D eigenvalue weighted by molar-refractivity contribution is 7.98. The van der Waals surface area contributed by atoms with E-state index in [1.165, 1.54) is 0 Å². The Hall–Kier alpha value is -1.36. The molecule has 0 bridgehead atoms. The Kier molecular flexibility index (Phi) is 6.02. The van der Waals surface area contributed by atoms with Crippen LogP contribution >= 0.6 is 11.8 Å². The molecule has 0 spiro atoms. The van der Waals surface area contributed by atoms with E-state index in [4.69, 9.17) is 10.5 Å². The summed E-state index contributed by atoms with van der Waals surface area (Å²) >= 11 is 1.74. The molecular formula is C14H22N2O2S. The van der Waals surface area contributed by atoms with Gasteiger partial charge >= 0.3 is 0 Å². The predicted molar refractivity (Wildman–Crippen MR) is 82.0 cm³/mol. The molecule has 0 radical (unpaired) electrons. The number of benzene rings is 1. The van der Waals surface area contributed by atoms with Crippen molar-refractivity contribution >= 4 is 23.4 Å². The van der Waals surface area contributed by atoms with Gasteiger partial charge in [-0.2, -0.15) is 11.8 Å². The zero-order chi connectivity index (χ0) is 14.4. The molecule has 19 heavy (non-hydrogen) atoms. The molecule has 0 aliphatic heterocycles. The summed E-state index contributed by atoms with van der Waals surface area (Å²) in [6.07, 6.45) is 2.97. The molecule has 5 heteroatoms. The van der Waals surface area contributed by atoms with Gasteiger partial charge in [0.15, 0.2) is 0 Å². The van der Waals surface area contributed by atoms with Crippen molar-refractivity contribution in [1.82, 2.24) is 4.90 Å².